The smallest absolute Gasteiger partial charge is 0.230 e. The van der Waals surface area contributed by atoms with Gasteiger partial charge in [0.05, 0.1) is 17.0 Å². The second kappa shape index (κ2) is 7.53. The molecule has 0 saturated carbocycles. The third-order valence-corrected chi connectivity index (χ3v) is 5.72. The van der Waals surface area contributed by atoms with E-state index in [0.717, 1.165) is 27.0 Å². The summed E-state index contributed by atoms with van der Waals surface area (Å²) in [6, 6.07) is 7.92. The van der Waals surface area contributed by atoms with E-state index in [9.17, 15) is 4.79 Å². The number of fused-ring (bicyclic) bond motifs is 1. The highest BCUT2D eigenvalue weighted by atomic mass is 32.1. The number of aromatic nitrogens is 5. The van der Waals surface area contributed by atoms with Crippen LogP contribution >= 0.6 is 23.6 Å². The van der Waals surface area contributed by atoms with E-state index in [1.807, 2.05) is 42.0 Å². The summed E-state index contributed by atoms with van der Waals surface area (Å²) < 4.78 is 2.37. The van der Waals surface area contributed by atoms with Crippen LogP contribution in [0.3, 0.4) is 0 Å². The molecule has 0 aliphatic carbocycles. The quantitative estimate of drug-likeness (QED) is 0.328. The molecular weight excluding hydrogens is 392 g/mol. The second-order valence-corrected chi connectivity index (χ2v) is 7.66. The van der Waals surface area contributed by atoms with E-state index < -0.39 is 0 Å². The molecule has 9 heteroatoms. The second-order valence-electron chi connectivity index (χ2n) is 6.27. The largest absolute Gasteiger partial charge is 0.361 e. The van der Waals surface area contributed by atoms with Crippen LogP contribution in [0.15, 0.2) is 43.1 Å². The third kappa shape index (κ3) is 3.41. The number of carbonyl (C=O) groups excluding carboxylic acids is 1. The molecule has 3 aromatic heterocycles. The first-order valence-electron chi connectivity index (χ1n) is 8.65. The van der Waals surface area contributed by atoms with Gasteiger partial charge in [0, 0.05) is 23.6 Å². The molecule has 0 saturated heterocycles. The van der Waals surface area contributed by atoms with Crippen molar-refractivity contribution in [3.05, 3.63) is 59.1 Å². The molecule has 0 aliphatic rings. The van der Waals surface area contributed by atoms with E-state index in [1.54, 1.807) is 6.08 Å². The first-order valence-corrected chi connectivity index (χ1v) is 9.88. The first kappa shape index (κ1) is 18.3. The van der Waals surface area contributed by atoms with Crippen LogP contribution in [-0.4, -0.2) is 30.6 Å². The molecule has 0 aliphatic heterocycles. The van der Waals surface area contributed by atoms with Crippen LogP contribution in [0.4, 0.5) is 5.13 Å². The van der Waals surface area contributed by atoms with Crippen molar-refractivity contribution in [2.45, 2.75) is 19.9 Å². The Bertz CT molecular complexity index is 1230. The molecule has 28 heavy (non-hydrogen) atoms. The normalized spacial score (nSPS) is 11.0. The topological polar surface area (TPSA) is 91.4 Å². The molecule has 0 atom stereocenters. The van der Waals surface area contributed by atoms with Gasteiger partial charge in [0.15, 0.2) is 15.7 Å². The number of hydrogen-bond acceptors (Lipinski definition) is 5. The van der Waals surface area contributed by atoms with Crippen molar-refractivity contribution in [3.8, 4) is 10.7 Å². The third-order valence-electron chi connectivity index (χ3n) is 4.34. The van der Waals surface area contributed by atoms with Gasteiger partial charge in [-0.1, -0.05) is 35.6 Å². The van der Waals surface area contributed by atoms with Gasteiger partial charge in [-0.05, 0) is 30.8 Å². The Balaban J connectivity index is 1.55. The summed E-state index contributed by atoms with van der Waals surface area (Å²) in [4.78, 5) is 21.1. The summed E-state index contributed by atoms with van der Waals surface area (Å²) in [6.07, 6.45) is 3.90. The zero-order valence-electron chi connectivity index (χ0n) is 15.2. The Morgan fingerprint density at radius 1 is 1.43 bits per heavy atom. The van der Waals surface area contributed by atoms with E-state index in [-0.39, 0.29) is 12.3 Å². The minimum atomic E-state index is -0.116. The maximum absolute atomic E-state index is 12.5. The standard InChI is InChI=1S/C19H18N6OS2/c1-3-8-25-17(23-24-19(25)27)16-11(2)21-18(28-16)22-15(26)9-12-10-20-14-7-5-4-6-13(12)14/h3-7,10,20H,1,8-9H2,2H3,(H,24,27)(H,21,22,26). The number of H-pyrrole nitrogens is 2. The Morgan fingerprint density at radius 2 is 2.25 bits per heavy atom. The minimum Gasteiger partial charge on any atom is -0.361 e. The van der Waals surface area contributed by atoms with Crippen LogP contribution in [0.5, 0.6) is 0 Å². The van der Waals surface area contributed by atoms with Gasteiger partial charge in [0.1, 0.15) is 0 Å². The first-order chi connectivity index (χ1) is 13.6. The number of hydrogen-bond donors (Lipinski definition) is 3. The number of nitrogens with zero attached hydrogens (tertiary/aromatic N) is 3. The number of amides is 1. The predicted octanol–water partition coefficient (Wildman–Crippen LogP) is 4.22. The van der Waals surface area contributed by atoms with Gasteiger partial charge in [-0.2, -0.15) is 5.10 Å². The lowest BCUT2D eigenvalue weighted by atomic mass is 10.1. The van der Waals surface area contributed by atoms with E-state index in [1.165, 1.54) is 11.3 Å². The van der Waals surface area contributed by atoms with Crippen molar-refractivity contribution >= 4 is 45.5 Å². The maximum atomic E-state index is 12.5. The average molecular weight is 411 g/mol. The number of benzene rings is 1. The fourth-order valence-electron chi connectivity index (χ4n) is 3.06. The molecule has 1 aromatic carbocycles. The number of anilines is 1. The summed E-state index contributed by atoms with van der Waals surface area (Å²) in [5.74, 6) is 0.576. The van der Waals surface area contributed by atoms with Gasteiger partial charge < -0.3 is 10.3 Å². The molecule has 1 amide bonds. The summed E-state index contributed by atoms with van der Waals surface area (Å²) in [5, 5.41) is 11.6. The molecule has 142 valence electrons. The highest BCUT2D eigenvalue weighted by molar-refractivity contribution is 7.71. The Labute approximate surface area is 170 Å². The number of aryl methyl sites for hydroxylation is 1. The number of allylic oxidation sites excluding steroid dienone is 1. The molecule has 0 unspecified atom stereocenters. The van der Waals surface area contributed by atoms with Gasteiger partial charge in [0.25, 0.3) is 0 Å². The molecular formula is C19H18N6OS2. The SMILES string of the molecule is C=CCn1c(-c2sc(NC(=O)Cc3c[nH]c4ccccc34)nc2C)n[nH]c1=S. The monoisotopic (exact) mass is 410 g/mol. The number of carbonyl (C=O) groups is 1. The lowest BCUT2D eigenvalue weighted by Gasteiger charge is -2.02. The van der Waals surface area contributed by atoms with Gasteiger partial charge >= 0.3 is 0 Å². The zero-order valence-corrected chi connectivity index (χ0v) is 16.8. The lowest BCUT2D eigenvalue weighted by molar-refractivity contribution is -0.115. The molecule has 7 nitrogen and oxygen atoms in total. The molecule has 4 aromatic rings. The number of rotatable bonds is 6. The van der Waals surface area contributed by atoms with Crippen molar-refractivity contribution in [1.82, 2.24) is 24.7 Å². The number of nitrogens with one attached hydrogen (secondary N) is 3. The molecule has 0 fully saturated rings. The Morgan fingerprint density at radius 3 is 3.07 bits per heavy atom. The Kier molecular flexibility index (Phi) is 4.93. The highest BCUT2D eigenvalue weighted by Crippen LogP contribution is 2.32. The molecule has 0 bridgehead atoms. The van der Waals surface area contributed by atoms with Crippen molar-refractivity contribution < 1.29 is 4.79 Å². The maximum Gasteiger partial charge on any atom is 0.230 e. The summed E-state index contributed by atoms with van der Waals surface area (Å²) in [5.41, 5.74) is 2.75. The number of thiazole rings is 1. The fourth-order valence-corrected chi connectivity index (χ4v) is 4.25. The van der Waals surface area contributed by atoms with Crippen LogP contribution in [0.2, 0.25) is 0 Å². The molecule has 0 spiro atoms. The van der Waals surface area contributed by atoms with Crippen molar-refractivity contribution in [2.24, 2.45) is 0 Å². The van der Waals surface area contributed by atoms with E-state index in [0.29, 0.717) is 22.3 Å². The average Bonchev–Trinajstić information content (AvgIpc) is 3.34. The van der Waals surface area contributed by atoms with Crippen LogP contribution in [0.1, 0.15) is 11.3 Å². The predicted molar refractivity (Wildman–Crippen MR) is 114 cm³/mol. The van der Waals surface area contributed by atoms with Gasteiger partial charge in [-0.3, -0.25) is 14.5 Å². The van der Waals surface area contributed by atoms with Crippen LogP contribution in [0.25, 0.3) is 21.6 Å². The zero-order chi connectivity index (χ0) is 19.7. The van der Waals surface area contributed by atoms with E-state index in [2.05, 4.69) is 32.1 Å². The lowest BCUT2D eigenvalue weighted by Crippen LogP contribution is -2.14. The van der Waals surface area contributed by atoms with Crippen molar-refractivity contribution in [3.63, 3.8) is 0 Å². The summed E-state index contributed by atoms with van der Waals surface area (Å²) in [7, 11) is 0. The van der Waals surface area contributed by atoms with Crippen molar-refractivity contribution in [1.29, 1.82) is 0 Å². The van der Waals surface area contributed by atoms with Gasteiger partial charge in [0.2, 0.25) is 5.91 Å². The fraction of sp³-hybridized carbons (Fsp3) is 0.158. The summed E-state index contributed by atoms with van der Waals surface area (Å²) >= 11 is 6.65. The van der Waals surface area contributed by atoms with E-state index in [4.69, 9.17) is 12.2 Å². The Hall–Kier alpha value is -3.04. The van der Waals surface area contributed by atoms with Crippen LogP contribution < -0.4 is 5.32 Å². The summed E-state index contributed by atoms with van der Waals surface area (Å²) in [6.45, 7) is 6.19. The molecule has 4 rings (SSSR count). The highest BCUT2D eigenvalue weighted by Gasteiger charge is 2.17. The van der Waals surface area contributed by atoms with Crippen LogP contribution in [-0.2, 0) is 17.8 Å². The molecule has 0 radical (unpaired) electrons. The number of para-hydroxylation sites is 1. The minimum absolute atomic E-state index is 0.116. The molecule has 3 heterocycles. The van der Waals surface area contributed by atoms with Gasteiger partial charge in [-0.25, -0.2) is 4.98 Å². The van der Waals surface area contributed by atoms with Crippen molar-refractivity contribution in [2.75, 3.05) is 5.32 Å². The molecule has 3 N–H and O–H groups in total. The van der Waals surface area contributed by atoms with Gasteiger partial charge in [-0.15, -0.1) is 6.58 Å². The number of aromatic amines is 2. The van der Waals surface area contributed by atoms with Crippen LogP contribution in [0, 0.1) is 11.7 Å². The van der Waals surface area contributed by atoms with E-state index >= 15 is 0 Å².